The number of nitrogens with two attached hydrogens (primary N) is 2. The molecular formula is C41H36N2O2. The number of ether oxygens (including phenoxy) is 2. The van der Waals surface area contributed by atoms with E-state index in [1.807, 2.05) is 48.5 Å². The van der Waals surface area contributed by atoms with Crippen molar-refractivity contribution in [2.24, 2.45) is 0 Å². The van der Waals surface area contributed by atoms with Crippen molar-refractivity contribution in [2.75, 3.05) is 11.5 Å². The molecule has 0 aromatic heterocycles. The number of fused-ring (bicyclic) bond motifs is 3. The summed E-state index contributed by atoms with van der Waals surface area (Å²) in [5, 5.41) is 0. The Morgan fingerprint density at radius 2 is 0.889 bits per heavy atom. The second-order valence-electron chi connectivity index (χ2n) is 11.5. The fourth-order valence-electron chi connectivity index (χ4n) is 6.73. The van der Waals surface area contributed by atoms with Crippen LogP contribution in [-0.4, -0.2) is 0 Å². The molecule has 1 aliphatic carbocycles. The summed E-state index contributed by atoms with van der Waals surface area (Å²) in [6, 6.07) is 46.1. The Kier molecular flexibility index (Phi) is 7.26. The first-order valence-corrected chi connectivity index (χ1v) is 15.5. The molecule has 6 aromatic carbocycles. The molecule has 4 heteroatoms. The van der Waals surface area contributed by atoms with Crippen LogP contribution in [-0.2, 0) is 18.3 Å². The first kappa shape index (κ1) is 28.3. The zero-order chi connectivity index (χ0) is 31.0. The van der Waals surface area contributed by atoms with Crippen molar-refractivity contribution in [3.8, 4) is 34.1 Å². The summed E-state index contributed by atoms with van der Waals surface area (Å²) in [5.41, 5.74) is 22.5. The summed E-state index contributed by atoms with van der Waals surface area (Å²) < 4.78 is 12.8. The van der Waals surface area contributed by atoms with Crippen LogP contribution < -0.4 is 20.9 Å². The van der Waals surface area contributed by atoms with Gasteiger partial charge in [-0.05, 0) is 118 Å². The zero-order valence-electron chi connectivity index (χ0n) is 25.6. The standard InChI is InChI=1S/C41H36N2O2/c1-3-27-25-29(13-23-39(27)44-33-19-15-31(42)16-20-33)41(37-11-7-5-9-35(37)36-10-6-8-12-38(36)41)30-14-24-40(28(4-2)26-30)45-34-21-17-32(43)18-22-34/h5-26H,3-4,42-43H2,1-2H3. The van der Waals surface area contributed by atoms with Gasteiger partial charge >= 0.3 is 0 Å². The lowest BCUT2D eigenvalue weighted by Crippen LogP contribution is -2.29. The molecule has 0 aliphatic heterocycles. The van der Waals surface area contributed by atoms with Crippen molar-refractivity contribution in [3.63, 3.8) is 0 Å². The van der Waals surface area contributed by atoms with Crippen LogP contribution in [0.3, 0.4) is 0 Å². The smallest absolute Gasteiger partial charge is 0.130 e. The fraction of sp³-hybridized carbons (Fsp3) is 0.122. The van der Waals surface area contributed by atoms with E-state index in [4.69, 9.17) is 20.9 Å². The minimum Gasteiger partial charge on any atom is -0.457 e. The van der Waals surface area contributed by atoms with Crippen LogP contribution in [0.1, 0.15) is 47.2 Å². The Labute approximate surface area is 264 Å². The van der Waals surface area contributed by atoms with Crippen LogP contribution in [0.5, 0.6) is 23.0 Å². The summed E-state index contributed by atoms with van der Waals surface area (Å²) in [7, 11) is 0. The second-order valence-corrected chi connectivity index (χ2v) is 11.5. The molecule has 0 heterocycles. The third-order valence-electron chi connectivity index (χ3n) is 8.92. The number of anilines is 2. The predicted molar refractivity (Wildman–Crippen MR) is 184 cm³/mol. The van der Waals surface area contributed by atoms with E-state index in [1.54, 1.807) is 0 Å². The maximum absolute atomic E-state index is 6.39. The molecule has 4 nitrogen and oxygen atoms in total. The summed E-state index contributed by atoms with van der Waals surface area (Å²) in [6.07, 6.45) is 1.65. The van der Waals surface area contributed by atoms with Crippen molar-refractivity contribution in [1.29, 1.82) is 0 Å². The van der Waals surface area contributed by atoms with Gasteiger partial charge in [-0.25, -0.2) is 0 Å². The molecule has 0 atom stereocenters. The van der Waals surface area contributed by atoms with Gasteiger partial charge in [-0.15, -0.1) is 0 Å². The Balaban J connectivity index is 1.42. The Hall–Kier alpha value is -5.48. The molecule has 0 saturated carbocycles. The van der Waals surface area contributed by atoms with E-state index >= 15 is 0 Å². The van der Waals surface area contributed by atoms with Crippen LogP contribution in [0, 0.1) is 0 Å². The zero-order valence-corrected chi connectivity index (χ0v) is 25.6. The molecule has 1 aliphatic rings. The summed E-state index contributed by atoms with van der Waals surface area (Å²) >= 11 is 0. The van der Waals surface area contributed by atoms with Crippen LogP contribution in [0.4, 0.5) is 11.4 Å². The molecule has 6 aromatic rings. The number of hydrogen-bond donors (Lipinski definition) is 2. The average molecular weight is 589 g/mol. The van der Waals surface area contributed by atoms with Crippen molar-refractivity contribution in [3.05, 3.63) is 167 Å². The van der Waals surface area contributed by atoms with Crippen molar-refractivity contribution in [1.82, 2.24) is 0 Å². The number of benzene rings is 6. The average Bonchev–Trinajstić information content (AvgIpc) is 3.38. The second kappa shape index (κ2) is 11.5. The van der Waals surface area contributed by atoms with Crippen molar-refractivity contribution < 1.29 is 9.47 Å². The molecule has 0 fully saturated rings. The molecule has 0 radical (unpaired) electrons. The van der Waals surface area contributed by atoms with Gasteiger partial charge in [0.2, 0.25) is 0 Å². The molecule has 0 spiro atoms. The van der Waals surface area contributed by atoms with E-state index in [0.717, 1.165) is 47.0 Å². The highest BCUT2D eigenvalue weighted by atomic mass is 16.5. The lowest BCUT2D eigenvalue weighted by Gasteiger charge is -2.35. The quantitative estimate of drug-likeness (QED) is 0.173. The topological polar surface area (TPSA) is 70.5 Å². The summed E-state index contributed by atoms with van der Waals surface area (Å²) in [4.78, 5) is 0. The van der Waals surface area contributed by atoms with E-state index in [2.05, 4.69) is 98.8 Å². The molecule has 0 amide bonds. The summed E-state index contributed by atoms with van der Waals surface area (Å²) in [6.45, 7) is 4.35. The number of nitrogen functional groups attached to an aromatic ring is 2. The van der Waals surface area contributed by atoms with Crippen LogP contribution in [0.25, 0.3) is 11.1 Å². The molecular weight excluding hydrogens is 552 g/mol. The fourth-order valence-corrected chi connectivity index (χ4v) is 6.73. The van der Waals surface area contributed by atoms with Crippen molar-refractivity contribution >= 4 is 11.4 Å². The Morgan fingerprint density at radius 3 is 1.29 bits per heavy atom. The molecule has 4 N–H and O–H groups in total. The highest BCUT2D eigenvalue weighted by Gasteiger charge is 2.46. The highest BCUT2D eigenvalue weighted by molar-refractivity contribution is 5.86. The van der Waals surface area contributed by atoms with Gasteiger partial charge in [-0.2, -0.15) is 0 Å². The first-order chi connectivity index (χ1) is 22.0. The molecule has 0 saturated heterocycles. The molecule has 0 bridgehead atoms. The van der Waals surface area contributed by atoms with E-state index in [1.165, 1.54) is 33.4 Å². The number of hydrogen-bond acceptors (Lipinski definition) is 4. The Bertz CT molecular complexity index is 1850. The minimum atomic E-state index is -0.527. The van der Waals surface area contributed by atoms with Gasteiger partial charge in [0, 0.05) is 11.4 Å². The van der Waals surface area contributed by atoms with Gasteiger partial charge in [-0.1, -0.05) is 86.6 Å². The maximum Gasteiger partial charge on any atom is 0.130 e. The van der Waals surface area contributed by atoms with Crippen LogP contribution in [0.15, 0.2) is 133 Å². The normalized spacial score (nSPS) is 12.8. The third kappa shape index (κ3) is 4.89. The molecule has 0 unspecified atom stereocenters. The van der Waals surface area contributed by atoms with Crippen molar-refractivity contribution in [2.45, 2.75) is 32.1 Å². The SMILES string of the molecule is CCc1cc(C2(c3ccc(Oc4ccc(N)cc4)c(CC)c3)c3ccccc3-c3ccccc32)ccc1Oc1ccc(N)cc1. The summed E-state index contributed by atoms with van der Waals surface area (Å²) in [5.74, 6) is 3.23. The van der Waals surface area contributed by atoms with Crippen LogP contribution >= 0.6 is 0 Å². The van der Waals surface area contributed by atoms with Gasteiger partial charge < -0.3 is 20.9 Å². The van der Waals surface area contributed by atoms with E-state index in [0.29, 0.717) is 11.4 Å². The maximum atomic E-state index is 6.39. The van der Waals surface area contributed by atoms with E-state index in [9.17, 15) is 0 Å². The van der Waals surface area contributed by atoms with Gasteiger partial charge in [0.05, 0.1) is 5.41 Å². The molecule has 45 heavy (non-hydrogen) atoms. The molecule has 222 valence electrons. The van der Waals surface area contributed by atoms with Gasteiger partial charge in [0.25, 0.3) is 0 Å². The highest BCUT2D eigenvalue weighted by Crippen LogP contribution is 2.56. The largest absolute Gasteiger partial charge is 0.457 e. The van der Waals surface area contributed by atoms with Gasteiger partial charge in [0.15, 0.2) is 0 Å². The van der Waals surface area contributed by atoms with Gasteiger partial charge in [0.1, 0.15) is 23.0 Å². The van der Waals surface area contributed by atoms with Gasteiger partial charge in [-0.3, -0.25) is 0 Å². The van der Waals surface area contributed by atoms with Crippen LogP contribution in [0.2, 0.25) is 0 Å². The lowest BCUT2D eigenvalue weighted by molar-refractivity contribution is 0.476. The Morgan fingerprint density at radius 1 is 0.489 bits per heavy atom. The minimum absolute atomic E-state index is 0.527. The van der Waals surface area contributed by atoms with E-state index in [-0.39, 0.29) is 0 Å². The van der Waals surface area contributed by atoms with E-state index < -0.39 is 5.41 Å². The first-order valence-electron chi connectivity index (χ1n) is 15.5. The monoisotopic (exact) mass is 588 g/mol. The number of rotatable bonds is 8. The molecule has 7 rings (SSSR count). The number of aryl methyl sites for hydroxylation is 2. The third-order valence-corrected chi connectivity index (χ3v) is 8.92. The predicted octanol–water partition coefficient (Wildman–Crippen LogP) is 9.92. The lowest BCUT2D eigenvalue weighted by atomic mass is 9.67.